The van der Waals surface area contributed by atoms with Crippen LogP contribution in [0.25, 0.3) is 0 Å². The Morgan fingerprint density at radius 2 is 1.95 bits per heavy atom. The fourth-order valence-electron chi connectivity index (χ4n) is 1.92. The van der Waals surface area contributed by atoms with Gasteiger partial charge >= 0.3 is 0 Å². The maximum atomic E-state index is 12.9. The molecular weight excluding hydrogens is 359 g/mol. The van der Waals surface area contributed by atoms with Crippen molar-refractivity contribution in [1.29, 1.82) is 0 Å². The van der Waals surface area contributed by atoms with Gasteiger partial charge in [0.15, 0.2) is 0 Å². The zero-order valence-electron chi connectivity index (χ0n) is 10.0. The number of benzene rings is 1. The van der Waals surface area contributed by atoms with Crippen LogP contribution in [0.4, 0.5) is 4.39 Å². The molecule has 0 aromatic heterocycles. The van der Waals surface area contributed by atoms with E-state index < -0.39 is 15.8 Å². The predicted molar refractivity (Wildman–Crippen MR) is 77.6 cm³/mol. The lowest BCUT2D eigenvalue weighted by Gasteiger charge is -2.23. The average molecular weight is 374 g/mol. The number of rotatable bonds is 3. The molecule has 0 spiro atoms. The maximum absolute atomic E-state index is 12.9. The van der Waals surface area contributed by atoms with Crippen molar-refractivity contribution < 1.29 is 12.8 Å². The Kier molecular flexibility index (Phi) is 6.19. The van der Waals surface area contributed by atoms with Crippen LogP contribution in [0.3, 0.4) is 0 Å². The minimum atomic E-state index is -3.60. The molecular formula is C11H15BrClFN2O2S. The molecule has 108 valence electrons. The highest BCUT2D eigenvalue weighted by Crippen LogP contribution is 2.23. The summed E-state index contributed by atoms with van der Waals surface area (Å²) in [4.78, 5) is 0.0717. The summed E-state index contributed by atoms with van der Waals surface area (Å²) in [5, 5.41) is 3.17. The summed E-state index contributed by atoms with van der Waals surface area (Å²) >= 11 is 3.08. The minimum Gasteiger partial charge on any atom is -0.317 e. The molecule has 1 heterocycles. The lowest BCUT2D eigenvalue weighted by Crippen LogP contribution is -2.42. The molecule has 0 amide bonds. The van der Waals surface area contributed by atoms with E-state index in [0.29, 0.717) is 0 Å². The summed E-state index contributed by atoms with van der Waals surface area (Å²) < 4.78 is 40.1. The first-order chi connectivity index (χ1) is 8.49. The average Bonchev–Trinajstić information content (AvgIpc) is 2.29. The highest BCUT2D eigenvalue weighted by atomic mass is 79.9. The van der Waals surface area contributed by atoms with Gasteiger partial charge in [-0.15, -0.1) is 12.4 Å². The van der Waals surface area contributed by atoms with E-state index in [1.165, 1.54) is 6.07 Å². The number of nitrogens with one attached hydrogen (secondary N) is 2. The third-order valence-electron chi connectivity index (χ3n) is 2.84. The van der Waals surface area contributed by atoms with E-state index in [0.717, 1.165) is 38.1 Å². The second kappa shape index (κ2) is 6.99. The van der Waals surface area contributed by atoms with Crippen molar-refractivity contribution in [1.82, 2.24) is 10.0 Å². The molecule has 4 nitrogen and oxygen atoms in total. The molecule has 1 saturated heterocycles. The monoisotopic (exact) mass is 372 g/mol. The van der Waals surface area contributed by atoms with Gasteiger partial charge < -0.3 is 5.32 Å². The third kappa shape index (κ3) is 4.39. The smallest absolute Gasteiger partial charge is 0.241 e. The van der Waals surface area contributed by atoms with Gasteiger partial charge in [0.25, 0.3) is 0 Å². The van der Waals surface area contributed by atoms with E-state index in [2.05, 4.69) is 26.0 Å². The van der Waals surface area contributed by atoms with E-state index in [1.807, 2.05) is 0 Å². The van der Waals surface area contributed by atoms with Crippen LogP contribution < -0.4 is 10.0 Å². The Morgan fingerprint density at radius 3 is 2.53 bits per heavy atom. The van der Waals surface area contributed by atoms with Gasteiger partial charge in [0.05, 0.1) is 4.90 Å². The predicted octanol–water partition coefficient (Wildman–Crippen LogP) is 2.04. The number of hydrogen-bond acceptors (Lipinski definition) is 3. The van der Waals surface area contributed by atoms with Gasteiger partial charge in [0.2, 0.25) is 10.0 Å². The highest BCUT2D eigenvalue weighted by molar-refractivity contribution is 9.10. The molecule has 19 heavy (non-hydrogen) atoms. The summed E-state index contributed by atoms with van der Waals surface area (Å²) in [6.07, 6.45) is 1.52. The van der Waals surface area contributed by atoms with Crippen molar-refractivity contribution in [2.75, 3.05) is 13.1 Å². The van der Waals surface area contributed by atoms with Crippen LogP contribution in [-0.2, 0) is 10.0 Å². The largest absolute Gasteiger partial charge is 0.317 e. The van der Waals surface area contributed by atoms with Gasteiger partial charge in [0.1, 0.15) is 5.82 Å². The summed E-state index contributed by atoms with van der Waals surface area (Å²) in [6, 6.07) is 3.50. The molecule has 1 aromatic rings. The van der Waals surface area contributed by atoms with Crippen LogP contribution in [0.15, 0.2) is 27.6 Å². The molecule has 0 aliphatic carbocycles. The molecule has 2 rings (SSSR count). The molecule has 1 fully saturated rings. The quantitative estimate of drug-likeness (QED) is 0.852. The molecule has 2 N–H and O–H groups in total. The maximum Gasteiger partial charge on any atom is 0.241 e. The van der Waals surface area contributed by atoms with Crippen LogP contribution in [-0.4, -0.2) is 27.5 Å². The van der Waals surface area contributed by atoms with Gasteiger partial charge in [-0.3, -0.25) is 0 Å². The molecule has 1 aromatic carbocycles. The van der Waals surface area contributed by atoms with Gasteiger partial charge in [0, 0.05) is 10.5 Å². The second-order valence-electron chi connectivity index (χ2n) is 4.22. The van der Waals surface area contributed by atoms with Crippen LogP contribution in [0.5, 0.6) is 0 Å². The van der Waals surface area contributed by atoms with Crippen molar-refractivity contribution in [3.05, 3.63) is 28.5 Å². The Bertz CT molecular complexity index is 535. The lowest BCUT2D eigenvalue weighted by atomic mass is 10.1. The van der Waals surface area contributed by atoms with Gasteiger partial charge in [-0.2, -0.15) is 0 Å². The normalized spacial score (nSPS) is 16.9. The molecule has 0 bridgehead atoms. The van der Waals surface area contributed by atoms with E-state index >= 15 is 0 Å². The number of halogens is 3. The summed E-state index contributed by atoms with van der Waals surface area (Å²) in [6.45, 7) is 1.61. The standard InChI is InChI=1S/C11H14BrFN2O2S.ClH/c12-10-7-8(13)1-2-11(10)18(16,17)15-9-3-5-14-6-4-9;/h1-2,7,9,14-15H,3-6H2;1H. The van der Waals surface area contributed by atoms with Crippen molar-refractivity contribution in [2.45, 2.75) is 23.8 Å². The molecule has 0 atom stereocenters. The summed E-state index contributed by atoms with van der Waals surface area (Å²) in [5.74, 6) is -0.470. The molecule has 0 unspecified atom stereocenters. The first-order valence-electron chi connectivity index (χ1n) is 5.67. The first kappa shape index (κ1) is 16.8. The van der Waals surface area contributed by atoms with Crippen molar-refractivity contribution in [2.24, 2.45) is 0 Å². The fourth-order valence-corrected chi connectivity index (χ4v) is 4.27. The minimum absolute atomic E-state index is 0. The number of hydrogen-bond donors (Lipinski definition) is 2. The lowest BCUT2D eigenvalue weighted by molar-refractivity contribution is 0.427. The summed E-state index contributed by atoms with van der Waals surface area (Å²) in [7, 11) is -3.60. The van der Waals surface area contributed by atoms with Crippen LogP contribution >= 0.6 is 28.3 Å². The first-order valence-corrected chi connectivity index (χ1v) is 7.95. The fraction of sp³-hybridized carbons (Fsp3) is 0.455. The zero-order valence-corrected chi connectivity index (χ0v) is 13.2. The Hall–Kier alpha value is -0.210. The number of sulfonamides is 1. The highest BCUT2D eigenvalue weighted by Gasteiger charge is 2.23. The SMILES string of the molecule is Cl.O=S(=O)(NC1CCNCC1)c1ccc(F)cc1Br. The molecule has 1 aliphatic heterocycles. The third-order valence-corrected chi connectivity index (χ3v) is 5.34. The van der Waals surface area contributed by atoms with Crippen LogP contribution in [0.1, 0.15) is 12.8 Å². The Balaban J connectivity index is 0.00000180. The van der Waals surface area contributed by atoms with E-state index in [1.54, 1.807) is 0 Å². The molecule has 8 heteroatoms. The summed E-state index contributed by atoms with van der Waals surface area (Å²) in [5.41, 5.74) is 0. The van der Waals surface area contributed by atoms with Crippen LogP contribution in [0.2, 0.25) is 0 Å². The molecule has 0 radical (unpaired) electrons. The second-order valence-corrected chi connectivity index (χ2v) is 6.76. The van der Waals surface area contributed by atoms with Crippen molar-refractivity contribution >= 4 is 38.4 Å². The van der Waals surface area contributed by atoms with Crippen molar-refractivity contribution in [3.63, 3.8) is 0 Å². The van der Waals surface area contributed by atoms with Gasteiger partial charge in [-0.1, -0.05) is 0 Å². The van der Waals surface area contributed by atoms with Crippen LogP contribution in [0, 0.1) is 5.82 Å². The van der Waals surface area contributed by atoms with E-state index in [9.17, 15) is 12.8 Å². The van der Waals surface area contributed by atoms with E-state index in [-0.39, 0.29) is 27.8 Å². The Labute approximate surface area is 126 Å². The topological polar surface area (TPSA) is 58.2 Å². The Morgan fingerprint density at radius 1 is 1.32 bits per heavy atom. The van der Waals surface area contributed by atoms with Crippen molar-refractivity contribution in [3.8, 4) is 0 Å². The van der Waals surface area contributed by atoms with E-state index in [4.69, 9.17) is 0 Å². The molecule has 0 saturated carbocycles. The van der Waals surface area contributed by atoms with Gasteiger partial charge in [-0.25, -0.2) is 17.5 Å². The zero-order chi connectivity index (χ0) is 13.2. The van der Waals surface area contributed by atoms with Gasteiger partial charge in [-0.05, 0) is 60.1 Å². The number of piperidine rings is 1. The molecule has 1 aliphatic rings.